The number of hydrogen-bond acceptors (Lipinski definition) is 4. The molecule has 0 saturated heterocycles. The number of nitrogens with two attached hydrogens (primary N) is 2. The Balaban J connectivity index is 2.19. The molecule has 6 heteroatoms. The van der Waals surface area contributed by atoms with Gasteiger partial charge in [-0.25, -0.2) is 9.67 Å². The minimum atomic E-state index is 0.364. The molecule has 0 bridgehead atoms. The molecule has 2 aromatic heterocycles. The monoisotopic (exact) mass is 323 g/mol. The third kappa shape index (κ3) is 2.01. The molecule has 0 amide bonds. The molecule has 5 nitrogen and oxygen atoms in total. The third-order valence-electron chi connectivity index (χ3n) is 3.96. The summed E-state index contributed by atoms with van der Waals surface area (Å²) in [6.07, 6.45) is 0. The number of para-hydroxylation sites is 1. The van der Waals surface area contributed by atoms with Crippen molar-refractivity contribution in [3.05, 3.63) is 53.1 Å². The zero-order valence-electron chi connectivity index (χ0n) is 12.4. The van der Waals surface area contributed by atoms with E-state index in [-0.39, 0.29) is 0 Å². The molecule has 0 aliphatic rings. The summed E-state index contributed by atoms with van der Waals surface area (Å²) in [5.41, 5.74) is 15.9. The van der Waals surface area contributed by atoms with Crippen LogP contribution in [0.25, 0.3) is 27.5 Å². The number of nitrogens with zero attached hydrogens (tertiary/aromatic N) is 3. The number of hydrogen-bond donors (Lipinski definition) is 2. The Labute approximate surface area is 137 Å². The van der Waals surface area contributed by atoms with E-state index in [1.807, 2.05) is 49.4 Å². The van der Waals surface area contributed by atoms with Gasteiger partial charge in [-0.05, 0) is 36.8 Å². The SMILES string of the molecule is Cc1cccc2c1nc(N)c1c(N)nn(-c3ccc(Cl)cc3)c12. The quantitative estimate of drug-likeness (QED) is 0.559. The Hall–Kier alpha value is -2.79. The van der Waals surface area contributed by atoms with Crippen LogP contribution >= 0.6 is 11.6 Å². The van der Waals surface area contributed by atoms with E-state index in [0.717, 1.165) is 27.7 Å². The molecule has 0 unspecified atom stereocenters. The molecule has 0 fully saturated rings. The highest BCUT2D eigenvalue weighted by atomic mass is 35.5. The molecule has 2 aromatic carbocycles. The lowest BCUT2D eigenvalue weighted by Crippen LogP contribution is -1.99. The lowest BCUT2D eigenvalue weighted by Gasteiger charge is -2.08. The van der Waals surface area contributed by atoms with E-state index in [4.69, 9.17) is 23.1 Å². The summed E-state index contributed by atoms with van der Waals surface area (Å²) in [4.78, 5) is 4.51. The van der Waals surface area contributed by atoms with Crippen LogP contribution in [0.2, 0.25) is 5.02 Å². The van der Waals surface area contributed by atoms with Gasteiger partial charge in [-0.2, -0.15) is 0 Å². The number of nitrogen functional groups attached to an aromatic ring is 2. The van der Waals surface area contributed by atoms with Crippen molar-refractivity contribution in [1.82, 2.24) is 14.8 Å². The number of aryl methyl sites for hydroxylation is 1. The first-order valence-corrected chi connectivity index (χ1v) is 7.53. The maximum Gasteiger partial charge on any atom is 0.157 e. The van der Waals surface area contributed by atoms with Crippen molar-refractivity contribution < 1.29 is 0 Å². The highest BCUT2D eigenvalue weighted by Crippen LogP contribution is 2.34. The van der Waals surface area contributed by atoms with Crippen LogP contribution in [-0.4, -0.2) is 14.8 Å². The number of rotatable bonds is 1. The minimum absolute atomic E-state index is 0.364. The first kappa shape index (κ1) is 13.8. The van der Waals surface area contributed by atoms with Crippen LogP contribution in [0, 0.1) is 6.92 Å². The normalized spacial score (nSPS) is 11.4. The summed E-state index contributed by atoms with van der Waals surface area (Å²) < 4.78 is 1.79. The van der Waals surface area contributed by atoms with Gasteiger partial charge < -0.3 is 11.5 Å². The summed E-state index contributed by atoms with van der Waals surface area (Å²) in [6, 6.07) is 13.4. The fourth-order valence-electron chi connectivity index (χ4n) is 2.88. The van der Waals surface area contributed by atoms with Crippen molar-refractivity contribution >= 4 is 45.0 Å². The van der Waals surface area contributed by atoms with Gasteiger partial charge in [0.2, 0.25) is 0 Å². The molecule has 0 aliphatic carbocycles. The van der Waals surface area contributed by atoms with Crippen LogP contribution in [0.3, 0.4) is 0 Å². The maximum atomic E-state index is 6.14. The second kappa shape index (κ2) is 4.86. The van der Waals surface area contributed by atoms with E-state index in [1.54, 1.807) is 4.68 Å². The van der Waals surface area contributed by atoms with Crippen molar-refractivity contribution in [2.24, 2.45) is 0 Å². The lowest BCUT2D eigenvalue weighted by atomic mass is 10.1. The zero-order valence-corrected chi connectivity index (χ0v) is 13.2. The van der Waals surface area contributed by atoms with E-state index >= 15 is 0 Å². The summed E-state index contributed by atoms with van der Waals surface area (Å²) in [7, 11) is 0. The number of halogens is 1. The second-order valence-electron chi connectivity index (χ2n) is 5.47. The molecule has 0 atom stereocenters. The molecule has 4 N–H and O–H groups in total. The molecule has 0 saturated carbocycles. The Bertz CT molecular complexity index is 1050. The summed E-state index contributed by atoms with van der Waals surface area (Å²) in [5.74, 6) is 0.753. The predicted octanol–water partition coefficient (Wildman–Crippen LogP) is 3.70. The van der Waals surface area contributed by atoms with E-state index in [1.165, 1.54) is 0 Å². The van der Waals surface area contributed by atoms with Crippen LogP contribution in [0.1, 0.15) is 5.56 Å². The molecular weight excluding hydrogens is 310 g/mol. The Morgan fingerprint density at radius 2 is 1.74 bits per heavy atom. The summed E-state index contributed by atoms with van der Waals surface area (Å²) in [6.45, 7) is 2.01. The number of benzene rings is 2. The van der Waals surface area contributed by atoms with Gasteiger partial charge in [-0.1, -0.05) is 29.8 Å². The van der Waals surface area contributed by atoms with E-state index in [2.05, 4.69) is 10.1 Å². The van der Waals surface area contributed by atoms with Gasteiger partial charge in [0.25, 0.3) is 0 Å². The maximum absolute atomic E-state index is 6.14. The van der Waals surface area contributed by atoms with Crippen molar-refractivity contribution in [2.45, 2.75) is 6.92 Å². The van der Waals surface area contributed by atoms with Gasteiger partial charge in [-0.3, -0.25) is 0 Å². The fraction of sp³-hybridized carbons (Fsp3) is 0.0588. The van der Waals surface area contributed by atoms with Crippen molar-refractivity contribution in [3.63, 3.8) is 0 Å². The van der Waals surface area contributed by atoms with Gasteiger partial charge >= 0.3 is 0 Å². The molecular formula is C17H14ClN5. The highest BCUT2D eigenvalue weighted by Gasteiger charge is 2.17. The van der Waals surface area contributed by atoms with Gasteiger partial charge in [0.15, 0.2) is 5.82 Å². The predicted molar refractivity (Wildman–Crippen MR) is 94.9 cm³/mol. The highest BCUT2D eigenvalue weighted by molar-refractivity contribution is 6.30. The van der Waals surface area contributed by atoms with E-state index in [0.29, 0.717) is 22.0 Å². The summed E-state index contributed by atoms with van der Waals surface area (Å²) in [5, 5.41) is 6.77. The average Bonchev–Trinajstić information content (AvgIpc) is 2.88. The van der Waals surface area contributed by atoms with Crippen LogP contribution in [-0.2, 0) is 0 Å². The topological polar surface area (TPSA) is 82.8 Å². The van der Waals surface area contributed by atoms with Crippen molar-refractivity contribution in [3.8, 4) is 5.69 Å². The standard InChI is InChI=1S/C17H14ClN5/c1-9-3-2-4-12-14(9)21-16(19)13-15(12)23(22-17(13)20)11-7-5-10(18)6-8-11/h2-8H,1H3,(H2,19,21)(H2,20,22). The number of pyridine rings is 1. The number of aromatic nitrogens is 3. The molecule has 2 heterocycles. The molecule has 23 heavy (non-hydrogen) atoms. The Morgan fingerprint density at radius 3 is 2.48 bits per heavy atom. The molecule has 114 valence electrons. The van der Waals surface area contributed by atoms with Crippen LogP contribution in [0.5, 0.6) is 0 Å². The Kier molecular flexibility index (Phi) is 2.92. The zero-order chi connectivity index (χ0) is 16.1. The third-order valence-corrected chi connectivity index (χ3v) is 4.22. The molecule has 0 radical (unpaired) electrons. The lowest BCUT2D eigenvalue weighted by molar-refractivity contribution is 0.920. The van der Waals surface area contributed by atoms with Crippen LogP contribution < -0.4 is 11.5 Å². The van der Waals surface area contributed by atoms with Crippen LogP contribution in [0.4, 0.5) is 11.6 Å². The Morgan fingerprint density at radius 1 is 1.00 bits per heavy atom. The fourth-order valence-corrected chi connectivity index (χ4v) is 3.01. The largest absolute Gasteiger partial charge is 0.383 e. The first-order valence-electron chi connectivity index (χ1n) is 7.15. The van der Waals surface area contributed by atoms with E-state index < -0.39 is 0 Å². The van der Waals surface area contributed by atoms with Crippen LogP contribution in [0.15, 0.2) is 42.5 Å². The second-order valence-corrected chi connectivity index (χ2v) is 5.90. The molecule has 0 spiro atoms. The van der Waals surface area contributed by atoms with Crippen molar-refractivity contribution in [2.75, 3.05) is 11.5 Å². The number of anilines is 2. The average molecular weight is 324 g/mol. The molecule has 4 aromatic rings. The molecule has 4 rings (SSSR count). The van der Waals surface area contributed by atoms with Gasteiger partial charge in [0.1, 0.15) is 5.82 Å². The van der Waals surface area contributed by atoms with Gasteiger partial charge in [0, 0.05) is 10.4 Å². The number of fused-ring (bicyclic) bond motifs is 3. The smallest absolute Gasteiger partial charge is 0.157 e. The van der Waals surface area contributed by atoms with Gasteiger partial charge in [-0.15, -0.1) is 5.10 Å². The van der Waals surface area contributed by atoms with Crippen molar-refractivity contribution in [1.29, 1.82) is 0 Å². The minimum Gasteiger partial charge on any atom is -0.383 e. The van der Waals surface area contributed by atoms with Gasteiger partial charge in [0.05, 0.1) is 22.1 Å². The summed E-state index contributed by atoms with van der Waals surface area (Å²) >= 11 is 5.98. The van der Waals surface area contributed by atoms with E-state index in [9.17, 15) is 0 Å². The molecule has 0 aliphatic heterocycles. The first-order chi connectivity index (χ1) is 11.1.